The van der Waals surface area contributed by atoms with Gasteiger partial charge in [-0.3, -0.25) is 9.59 Å². The molecule has 0 aromatic heterocycles. The van der Waals surface area contributed by atoms with Crippen LogP contribution in [0.4, 0.5) is 18.9 Å². The number of carbonyl (C=O) groups excluding carboxylic acids is 2. The number of anilines is 1. The van der Waals surface area contributed by atoms with Crippen molar-refractivity contribution in [2.75, 3.05) is 5.32 Å². The number of aliphatic hydroxyl groups excluding tert-OH is 1. The van der Waals surface area contributed by atoms with Crippen LogP contribution in [0.1, 0.15) is 15.9 Å². The zero-order valence-corrected chi connectivity index (χ0v) is 11.7. The molecule has 0 saturated carbocycles. The standard InChI is InChI=1S/C16H12F3NO3/c17-16(18,19)14(22)15(23)20-12-8-6-11(7-9-12)13(21)10-4-2-1-3-5-10/h1-9,14,22H,(H,20,23)/t14-/m0/s1. The molecule has 2 aromatic carbocycles. The van der Waals surface area contributed by atoms with Crippen LogP contribution in [0.2, 0.25) is 0 Å². The van der Waals surface area contributed by atoms with E-state index in [2.05, 4.69) is 0 Å². The van der Waals surface area contributed by atoms with Crippen LogP contribution in [0.5, 0.6) is 0 Å². The molecule has 0 bridgehead atoms. The van der Waals surface area contributed by atoms with Crippen LogP contribution in [0.15, 0.2) is 54.6 Å². The number of carbonyl (C=O) groups is 2. The maximum absolute atomic E-state index is 12.2. The van der Waals surface area contributed by atoms with E-state index in [1.807, 2.05) is 5.32 Å². The average molecular weight is 323 g/mol. The van der Waals surface area contributed by atoms with Crippen LogP contribution in [0.25, 0.3) is 0 Å². The smallest absolute Gasteiger partial charge is 0.376 e. The van der Waals surface area contributed by atoms with Gasteiger partial charge in [-0.15, -0.1) is 0 Å². The monoisotopic (exact) mass is 323 g/mol. The van der Waals surface area contributed by atoms with E-state index in [9.17, 15) is 22.8 Å². The number of benzene rings is 2. The molecule has 0 aliphatic heterocycles. The molecule has 2 rings (SSSR count). The molecule has 0 aliphatic rings. The summed E-state index contributed by atoms with van der Waals surface area (Å²) in [5, 5.41) is 10.7. The van der Waals surface area contributed by atoms with Crippen LogP contribution < -0.4 is 5.32 Å². The van der Waals surface area contributed by atoms with Crippen LogP contribution >= 0.6 is 0 Å². The highest BCUT2D eigenvalue weighted by molar-refractivity contribution is 6.09. The van der Waals surface area contributed by atoms with Crippen molar-refractivity contribution in [1.29, 1.82) is 0 Å². The molecule has 0 aliphatic carbocycles. The number of halogens is 3. The van der Waals surface area contributed by atoms with Gasteiger partial charge in [0.05, 0.1) is 0 Å². The van der Waals surface area contributed by atoms with E-state index in [4.69, 9.17) is 5.11 Å². The van der Waals surface area contributed by atoms with Crippen LogP contribution in [0.3, 0.4) is 0 Å². The molecular formula is C16H12F3NO3. The molecule has 0 unspecified atom stereocenters. The Morgan fingerprint density at radius 1 is 0.913 bits per heavy atom. The molecule has 0 heterocycles. The minimum Gasteiger partial charge on any atom is -0.376 e. The Balaban J connectivity index is 2.08. The fourth-order valence-corrected chi connectivity index (χ4v) is 1.82. The Hall–Kier alpha value is -2.67. The summed E-state index contributed by atoms with van der Waals surface area (Å²) in [6.45, 7) is 0. The lowest BCUT2D eigenvalue weighted by Gasteiger charge is -2.14. The van der Waals surface area contributed by atoms with Gasteiger partial charge in [-0.2, -0.15) is 13.2 Å². The number of amides is 1. The summed E-state index contributed by atoms with van der Waals surface area (Å²) < 4.78 is 36.6. The van der Waals surface area contributed by atoms with Gasteiger partial charge in [-0.25, -0.2) is 0 Å². The number of aliphatic hydroxyl groups is 1. The Morgan fingerprint density at radius 2 is 1.43 bits per heavy atom. The third kappa shape index (κ3) is 4.17. The summed E-state index contributed by atoms with van der Waals surface area (Å²) in [6, 6.07) is 13.8. The molecular weight excluding hydrogens is 311 g/mol. The topological polar surface area (TPSA) is 66.4 Å². The maximum Gasteiger partial charge on any atom is 0.423 e. The van der Waals surface area contributed by atoms with Crippen molar-refractivity contribution in [3.63, 3.8) is 0 Å². The predicted octanol–water partition coefficient (Wildman–Crippen LogP) is 2.78. The Labute approximate surface area is 129 Å². The van der Waals surface area contributed by atoms with Gasteiger partial charge in [0.1, 0.15) is 0 Å². The first-order valence-electron chi connectivity index (χ1n) is 6.54. The third-order valence-corrected chi connectivity index (χ3v) is 3.01. The summed E-state index contributed by atoms with van der Waals surface area (Å²) in [6.07, 6.45) is -8.14. The van der Waals surface area contributed by atoms with E-state index in [1.54, 1.807) is 30.3 Å². The summed E-state index contributed by atoms with van der Waals surface area (Å²) in [5.41, 5.74) is 0.838. The molecule has 0 spiro atoms. The number of ketones is 1. The van der Waals surface area contributed by atoms with E-state index >= 15 is 0 Å². The van der Waals surface area contributed by atoms with Crippen molar-refractivity contribution in [2.45, 2.75) is 12.3 Å². The van der Waals surface area contributed by atoms with Gasteiger partial charge in [0.2, 0.25) is 6.10 Å². The van der Waals surface area contributed by atoms with Gasteiger partial charge in [0.15, 0.2) is 5.78 Å². The first-order chi connectivity index (χ1) is 10.8. The average Bonchev–Trinajstić information content (AvgIpc) is 2.54. The van der Waals surface area contributed by atoms with Gasteiger partial charge in [0.25, 0.3) is 5.91 Å². The van der Waals surface area contributed by atoms with Gasteiger partial charge < -0.3 is 10.4 Å². The van der Waals surface area contributed by atoms with Crippen molar-refractivity contribution >= 4 is 17.4 Å². The molecule has 23 heavy (non-hydrogen) atoms. The minimum absolute atomic E-state index is 0.0444. The Morgan fingerprint density at radius 3 is 1.96 bits per heavy atom. The van der Waals surface area contributed by atoms with Gasteiger partial charge >= 0.3 is 6.18 Å². The van der Waals surface area contributed by atoms with Gasteiger partial charge in [0, 0.05) is 16.8 Å². The maximum atomic E-state index is 12.2. The molecule has 4 nitrogen and oxygen atoms in total. The van der Waals surface area contributed by atoms with Crippen molar-refractivity contribution < 1.29 is 27.9 Å². The van der Waals surface area contributed by atoms with E-state index in [1.165, 1.54) is 24.3 Å². The van der Waals surface area contributed by atoms with E-state index in [-0.39, 0.29) is 11.5 Å². The molecule has 0 saturated heterocycles. The summed E-state index contributed by atoms with van der Waals surface area (Å²) in [4.78, 5) is 23.4. The van der Waals surface area contributed by atoms with Crippen molar-refractivity contribution in [1.82, 2.24) is 0 Å². The van der Waals surface area contributed by atoms with Gasteiger partial charge in [-0.05, 0) is 24.3 Å². The summed E-state index contributed by atoms with van der Waals surface area (Å²) in [7, 11) is 0. The van der Waals surface area contributed by atoms with Crippen molar-refractivity contribution in [3.05, 3.63) is 65.7 Å². The first-order valence-corrected chi connectivity index (χ1v) is 6.54. The van der Waals surface area contributed by atoms with Crippen LogP contribution in [-0.2, 0) is 4.79 Å². The SMILES string of the molecule is O=C(c1ccccc1)c1ccc(NC(=O)[C@H](O)C(F)(F)F)cc1. The highest BCUT2D eigenvalue weighted by Crippen LogP contribution is 2.21. The number of rotatable bonds is 4. The van der Waals surface area contributed by atoms with Crippen LogP contribution in [-0.4, -0.2) is 29.1 Å². The zero-order valence-electron chi connectivity index (χ0n) is 11.7. The lowest BCUT2D eigenvalue weighted by atomic mass is 10.0. The zero-order chi connectivity index (χ0) is 17.0. The number of nitrogens with one attached hydrogen (secondary N) is 1. The third-order valence-electron chi connectivity index (χ3n) is 3.01. The minimum atomic E-state index is -5.03. The fraction of sp³-hybridized carbons (Fsp3) is 0.125. The van der Waals surface area contributed by atoms with E-state index < -0.39 is 18.2 Å². The highest BCUT2D eigenvalue weighted by atomic mass is 19.4. The number of alkyl halides is 3. The van der Waals surface area contributed by atoms with E-state index in [0.717, 1.165) is 0 Å². The lowest BCUT2D eigenvalue weighted by molar-refractivity contribution is -0.202. The largest absolute Gasteiger partial charge is 0.423 e. The number of hydrogen-bond donors (Lipinski definition) is 2. The van der Waals surface area contributed by atoms with Gasteiger partial charge in [-0.1, -0.05) is 30.3 Å². The summed E-state index contributed by atoms with van der Waals surface area (Å²) >= 11 is 0. The Kier molecular flexibility index (Phi) is 4.80. The molecule has 0 fully saturated rings. The second-order valence-corrected chi connectivity index (χ2v) is 4.71. The second-order valence-electron chi connectivity index (χ2n) is 4.71. The molecule has 2 aromatic rings. The van der Waals surface area contributed by atoms with Crippen LogP contribution in [0, 0.1) is 0 Å². The number of hydrogen-bond acceptors (Lipinski definition) is 3. The molecule has 2 N–H and O–H groups in total. The lowest BCUT2D eigenvalue weighted by Crippen LogP contribution is -2.40. The molecule has 1 atom stereocenters. The quantitative estimate of drug-likeness (QED) is 0.850. The molecule has 7 heteroatoms. The molecule has 1 amide bonds. The first kappa shape index (κ1) is 16.7. The van der Waals surface area contributed by atoms with Crippen molar-refractivity contribution in [2.24, 2.45) is 0 Å². The molecule has 0 radical (unpaired) electrons. The Bertz CT molecular complexity index is 697. The normalized spacial score (nSPS) is 12.5. The second kappa shape index (κ2) is 6.62. The fourth-order valence-electron chi connectivity index (χ4n) is 1.82. The highest BCUT2D eigenvalue weighted by Gasteiger charge is 2.43. The summed E-state index contributed by atoms with van der Waals surface area (Å²) in [5.74, 6) is -1.83. The predicted molar refractivity (Wildman–Crippen MR) is 77.0 cm³/mol. The van der Waals surface area contributed by atoms with E-state index in [0.29, 0.717) is 11.1 Å². The molecule has 120 valence electrons. The van der Waals surface area contributed by atoms with Crippen molar-refractivity contribution in [3.8, 4) is 0 Å².